The first kappa shape index (κ1) is 26.6. The number of aromatic nitrogens is 4. The van der Waals surface area contributed by atoms with E-state index in [9.17, 15) is 4.79 Å². The number of ether oxygens (including phenoxy) is 1. The van der Waals surface area contributed by atoms with Crippen LogP contribution < -0.4 is 10.3 Å². The van der Waals surface area contributed by atoms with Gasteiger partial charge in [-0.3, -0.25) is 14.8 Å². The van der Waals surface area contributed by atoms with Gasteiger partial charge in [0.25, 0.3) is 5.56 Å². The Morgan fingerprint density at radius 3 is 1.75 bits per heavy atom. The van der Waals surface area contributed by atoms with Crippen molar-refractivity contribution in [1.29, 1.82) is 0 Å². The van der Waals surface area contributed by atoms with E-state index in [4.69, 9.17) is 4.74 Å². The minimum atomic E-state index is -0.0856. The second kappa shape index (κ2) is 13.2. The molecule has 0 amide bonds. The molecule has 6 nitrogen and oxygen atoms in total. The van der Waals surface area contributed by atoms with Crippen LogP contribution in [0.2, 0.25) is 0 Å². The number of hydrogen-bond acceptors (Lipinski definition) is 5. The van der Waals surface area contributed by atoms with Crippen molar-refractivity contribution in [3.05, 3.63) is 46.5 Å². The molecule has 0 radical (unpaired) electrons. The lowest BCUT2D eigenvalue weighted by atomic mass is 10.1. The summed E-state index contributed by atoms with van der Waals surface area (Å²) in [6, 6.07) is 0. The quantitative estimate of drug-likeness (QED) is 0.896. The summed E-state index contributed by atoms with van der Waals surface area (Å²) in [6.45, 7) is 8.01. The number of rotatable bonds is 3. The zero-order valence-corrected chi connectivity index (χ0v) is 13.1. The number of aromatic amines is 1. The average molecular weight is 338 g/mol. The number of nitrogens with zero attached hydrogens (tertiary/aromatic N) is 3. The van der Waals surface area contributed by atoms with Gasteiger partial charge in [0.1, 0.15) is 11.4 Å². The zero-order chi connectivity index (χ0) is 15.8. The van der Waals surface area contributed by atoms with Crippen LogP contribution in [0, 0.1) is 0 Å². The van der Waals surface area contributed by atoms with E-state index in [0.717, 1.165) is 5.69 Å². The Kier molecular flexibility index (Phi) is 14.7. The Bertz CT molecular complexity index is 610. The van der Waals surface area contributed by atoms with Crippen LogP contribution in [0.25, 0.3) is 0 Å². The van der Waals surface area contributed by atoms with E-state index in [1.54, 1.807) is 25.7 Å². The predicted molar refractivity (Wildman–Crippen MR) is 102 cm³/mol. The van der Waals surface area contributed by atoms with Crippen molar-refractivity contribution in [1.82, 2.24) is 19.9 Å². The van der Waals surface area contributed by atoms with Crippen LogP contribution in [0.3, 0.4) is 0 Å². The summed E-state index contributed by atoms with van der Waals surface area (Å²) >= 11 is 0. The first-order valence-electron chi connectivity index (χ1n) is 6.85. The van der Waals surface area contributed by atoms with Crippen molar-refractivity contribution in [3.63, 3.8) is 0 Å². The SMILES string of the molecule is C.C.C.CC(C)c1ncc[nH]c1=O.COc1nccnc1C(C)C. The highest BCUT2D eigenvalue weighted by Gasteiger charge is 2.07. The highest BCUT2D eigenvalue weighted by atomic mass is 16.5. The fourth-order valence-electron chi connectivity index (χ4n) is 1.66. The Morgan fingerprint density at radius 2 is 1.38 bits per heavy atom. The zero-order valence-electron chi connectivity index (χ0n) is 13.1. The number of nitrogens with one attached hydrogen (secondary N) is 1. The van der Waals surface area contributed by atoms with Gasteiger partial charge < -0.3 is 9.72 Å². The highest BCUT2D eigenvalue weighted by Crippen LogP contribution is 2.19. The molecule has 2 heterocycles. The van der Waals surface area contributed by atoms with Crippen LogP contribution in [-0.2, 0) is 0 Å². The monoisotopic (exact) mass is 338 g/mol. The maximum absolute atomic E-state index is 10.9. The van der Waals surface area contributed by atoms with E-state index in [1.165, 1.54) is 6.20 Å². The summed E-state index contributed by atoms with van der Waals surface area (Å²) in [7, 11) is 1.61. The highest BCUT2D eigenvalue weighted by molar-refractivity contribution is 5.20. The molecule has 0 unspecified atom stereocenters. The van der Waals surface area contributed by atoms with Crippen LogP contribution in [0.15, 0.2) is 29.6 Å². The van der Waals surface area contributed by atoms with Crippen molar-refractivity contribution >= 4 is 0 Å². The van der Waals surface area contributed by atoms with Gasteiger partial charge in [0.2, 0.25) is 5.88 Å². The van der Waals surface area contributed by atoms with Gasteiger partial charge in [0.05, 0.1) is 7.11 Å². The minimum Gasteiger partial charge on any atom is -0.480 e. The first-order valence-corrected chi connectivity index (χ1v) is 6.85. The molecule has 0 fully saturated rings. The molecule has 0 saturated heterocycles. The summed E-state index contributed by atoms with van der Waals surface area (Å²) in [6.07, 6.45) is 6.44. The average Bonchev–Trinajstić information content (AvgIpc) is 2.48. The van der Waals surface area contributed by atoms with Gasteiger partial charge in [-0.2, -0.15) is 0 Å². The number of H-pyrrole nitrogens is 1. The van der Waals surface area contributed by atoms with Crippen LogP contribution in [-0.4, -0.2) is 27.0 Å². The fourth-order valence-corrected chi connectivity index (χ4v) is 1.66. The summed E-state index contributed by atoms with van der Waals surface area (Å²) in [5.41, 5.74) is 1.43. The molecular formula is C18H34N4O2. The van der Waals surface area contributed by atoms with Crippen LogP contribution >= 0.6 is 0 Å². The molecule has 0 aliphatic rings. The standard InChI is InChI=1S/C8H12N2O.C7H10N2O.3CH4/c1-6(2)7-8(11-3)10-5-4-9-7;1-5(2)6-7(10)9-4-3-8-6;;;/h4-6H,1-3H3;3-5H,1-2H3,(H,9,10);3*1H4. The topological polar surface area (TPSA) is 80.8 Å². The lowest BCUT2D eigenvalue weighted by Crippen LogP contribution is -2.14. The third-order valence-electron chi connectivity index (χ3n) is 2.71. The van der Waals surface area contributed by atoms with Crippen LogP contribution in [0.4, 0.5) is 0 Å². The van der Waals surface area contributed by atoms with Gasteiger partial charge in [-0.1, -0.05) is 50.0 Å². The van der Waals surface area contributed by atoms with E-state index in [0.29, 0.717) is 17.5 Å². The molecule has 2 rings (SSSR count). The summed E-state index contributed by atoms with van der Waals surface area (Å²) < 4.78 is 5.03. The lowest BCUT2D eigenvalue weighted by Gasteiger charge is -2.07. The van der Waals surface area contributed by atoms with Crippen molar-refractivity contribution < 1.29 is 4.74 Å². The normalized spacial score (nSPS) is 8.96. The molecule has 2 aromatic heterocycles. The molecule has 0 aromatic carbocycles. The van der Waals surface area contributed by atoms with E-state index < -0.39 is 0 Å². The largest absolute Gasteiger partial charge is 0.480 e. The molecule has 0 aliphatic heterocycles. The second-order valence-corrected chi connectivity index (χ2v) is 5.06. The van der Waals surface area contributed by atoms with Crippen molar-refractivity contribution in [2.75, 3.05) is 7.11 Å². The minimum absolute atomic E-state index is 0. The van der Waals surface area contributed by atoms with Crippen molar-refractivity contribution in [2.24, 2.45) is 0 Å². The van der Waals surface area contributed by atoms with Gasteiger partial charge in [0.15, 0.2) is 0 Å². The van der Waals surface area contributed by atoms with E-state index in [1.807, 2.05) is 13.8 Å². The van der Waals surface area contributed by atoms with Gasteiger partial charge in [-0.15, -0.1) is 0 Å². The molecule has 0 atom stereocenters. The fraction of sp³-hybridized carbons (Fsp3) is 0.556. The number of hydrogen-bond donors (Lipinski definition) is 1. The second-order valence-electron chi connectivity index (χ2n) is 5.06. The van der Waals surface area contributed by atoms with E-state index in [2.05, 4.69) is 33.8 Å². The smallest absolute Gasteiger partial charge is 0.269 e. The van der Waals surface area contributed by atoms with Crippen molar-refractivity contribution in [2.45, 2.75) is 61.8 Å². The molecule has 2 aromatic rings. The van der Waals surface area contributed by atoms with Gasteiger partial charge >= 0.3 is 0 Å². The molecule has 0 aliphatic carbocycles. The number of methoxy groups -OCH3 is 1. The molecule has 0 spiro atoms. The summed E-state index contributed by atoms with van der Waals surface area (Å²) in [5.74, 6) is 1.19. The molecule has 6 heteroatoms. The van der Waals surface area contributed by atoms with E-state index in [-0.39, 0.29) is 33.8 Å². The van der Waals surface area contributed by atoms with Crippen molar-refractivity contribution in [3.8, 4) is 5.88 Å². The Labute approximate surface area is 146 Å². The molecule has 24 heavy (non-hydrogen) atoms. The molecule has 0 bridgehead atoms. The maximum Gasteiger partial charge on any atom is 0.269 e. The molecular weight excluding hydrogens is 304 g/mol. The Balaban J connectivity index is -0.000000328. The van der Waals surface area contributed by atoms with Gasteiger partial charge in [-0.05, 0) is 0 Å². The Hall–Kier alpha value is -2.24. The molecule has 0 saturated carbocycles. The third kappa shape index (κ3) is 7.85. The molecule has 138 valence electrons. The summed E-state index contributed by atoms with van der Waals surface area (Å²) in [4.78, 5) is 25.6. The van der Waals surface area contributed by atoms with E-state index >= 15 is 0 Å². The predicted octanol–water partition coefficient (Wildman–Crippen LogP) is 4.41. The molecule has 1 N–H and O–H groups in total. The van der Waals surface area contributed by atoms with Gasteiger partial charge in [-0.25, -0.2) is 4.98 Å². The Morgan fingerprint density at radius 1 is 0.875 bits per heavy atom. The third-order valence-corrected chi connectivity index (χ3v) is 2.71. The van der Waals surface area contributed by atoms with Crippen LogP contribution in [0.1, 0.15) is 73.2 Å². The maximum atomic E-state index is 10.9. The van der Waals surface area contributed by atoms with Gasteiger partial charge in [0, 0.05) is 36.6 Å². The lowest BCUT2D eigenvalue weighted by molar-refractivity contribution is 0.386. The van der Waals surface area contributed by atoms with Crippen LogP contribution in [0.5, 0.6) is 5.88 Å². The summed E-state index contributed by atoms with van der Waals surface area (Å²) in [5, 5.41) is 0. The first-order chi connectivity index (χ1) is 9.97.